The van der Waals surface area contributed by atoms with Crippen molar-refractivity contribution in [3.05, 3.63) is 5.82 Å². The molecule has 1 aromatic heterocycles. The summed E-state index contributed by atoms with van der Waals surface area (Å²) in [6, 6.07) is 0.504. The molecule has 0 saturated heterocycles. The third kappa shape index (κ3) is 2.78. The molecule has 1 aromatic rings. The molecule has 0 radical (unpaired) electrons. The highest BCUT2D eigenvalue weighted by molar-refractivity contribution is 4.88. The number of hydrogen-bond donors (Lipinski definition) is 1. The summed E-state index contributed by atoms with van der Waals surface area (Å²) in [5.41, 5.74) is 0. The highest BCUT2D eigenvalue weighted by Crippen LogP contribution is 2.27. The molecule has 0 aromatic carbocycles. The van der Waals surface area contributed by atoms with Gasteiger partial charge < -0.3 is 5.32 Å². The standard InChI is InChI=1S/C11H21N5/c1-12-10(9-6-4-3-5-7-9)8-11-13-15-16(2)14-11/h9-10,12H,3-8H2,1-2H3. The number of tetrazole rings is 1. The van der Waals surface area contributed by atoms with E-state index < -0.39 is 0 Å². The number of nitrogens with one attached hydrogen (secondary N) is 1. The van der Waals surface area contributed by atoms with Gasteiger partial charge in [0.05, 0.1) is 7.05 Å². The smallest absolute Gasteiger partial charge is 0.176 e. The number of aromatic nitrogens is 4. The molecular formula is C11H21N5. The van der Waals surface area contributed by atoms with Crippen LogP contribution >= 0.6 is 0 Å². The van der Waals surface area contributed by atoms with Crippen molar-refractivity contribution in [1.29, 1.82) is 0 Å². The zero-order chi connectivity index (χ0) is 11.4. The molecule has 1 aliphatic carbocycles. The van der Waals surface area contributed by atoms with E-state index in [0.717, 1.165) is 18.2 Å². The Hall–Kier alpha value is -0.970. The minimum atomic E-state index is 0.504. The summed E-state index contributed by atoms with van der Waals surface area (Å²) < 4.78 is 0. The van der Waals surface area contributed by atoms with Crippen LogP contribution in [0, 0.1) is 5.92 Å². The van der Waals surface area contributed by atoms with Gasteiger partial charge in [-0.1, -0.05) is 19.3 Å². The Labute approximate surface area is 96.6 Å². The monoisotopic (exact) mass is 223 g/mol. The molecule has 0 spiro atoms. The van der Waals surface area contributed by atoms with Gasteiger partial charge in [-0.25, -0.2) is 0 Å². The Morgan fingerprint density at radius 1 is 1.38 bits per heavy atom. The van der Waals surface area contributed by atoms with Crippen molar-refractivity contribution in [2.24, 2.45) is 13.0 Å². The normalized spacial score (nSPS) is 19.9. The van der Waals surface area contributed by atoms with Crippen molar-refractivity contribution in [2.45, 2.75) is 44.6 Å². The molecule has 1 saturated carbocycles. The van der Waals surface area contributed by atoms with Crippen LogP contribution in [-0.2, 0) is 13.5 Å². The first kappa shape index (κ1) is 11.5. The van der Waals surface area contributed by atoms with E-state index in [2.05, 4.69) is 20.7 Å². The Kier molecular flexibility index (Phi) is 3.88. The Morgan fingerprint density at radius 2 is 2.12 bits per heavy atom. The van der Waals surface area contributed by atoms with Crippen LogP contribution in [0.2, 0.25) is 0 Å². The summed E-state index contributed by atoms with van der Waals surface area (Å²) >= 11 is 0. The van der Waals surface area contributed by atoms with Gasteiger partial charge >= 0.3 is 0 Å². The van der Waals surface area contributed by atoms with E-state index >= 15 is 0 Å². The van der Waals surface area contributed by atoms with Gasteiger partial charge in [-0.05, 0) is 31.0 Å². The molecule has 5 heteroatoms. The van der Waals surface area contributed by atoms with Gasteiger partial charge in [0.2, 0.25) is 0 Å². The minimum absolute atomic E-state index is 0.504. The number of nitrogens with zero attached hydrogens (tertiary/aromatic N) is 4. The second-order valence-corrected chi connectivity index (χ2v) is 4.69. The Morgan fingerprint density at radius 3 is 2.69 bits per heavy atom. The van der Waals surface area contributed by atoms with E-state index in [9.17, 15) is 0 Å². The molecule has 5 nitrogen and oxygen atoms in total. The predicted molar refractivity (Wildman–Crippen MR) is 61.9 cm³/mol. The van der Waals surface area contributed by atoms with Gasteiger partial charge in [-0.2, -0.15) is 4.80 Å². The van der Waals surface area contributed by atoms with Gasteiger partial charge in [0, 0.05) is 12.5 Å². The fourth-order valence-corrected chi connectivity index (χ4v) is 2.64. The topological polar surface area (TPSA) is 55.6 Å². The van der Waals surface area contributed by atoms with Gasteiger partial charge in [0.1, 0.15) is 0 Å². The lowest BCUT2D eigenvalue weighted by molar-refractivity contribution is 0.274. The SMILES string of the molecule is CNC(Cc1nnn(C)n1)C1CCCCC1. The molecule has 1 N–H and O–H groups in total. The molecular weight excluding hydrogens is 202 g/mol. The number of aryl methyl sites for hydroxylation is 1. The van der Waals surface area contributed by atoms with Crippen molar-refractivity contribution in [3.63, 3.8) is 0 Å². The van der Waals surface area contributed by atoms with Crippen molar-refractivity contribution < 1.29 is 0 Å². The highest BCUT2D eigenvalue weighted by atomic mass is 15.6. The van der Waals surface area contributed by atoms with E-state index in [-0.39, 0.29) is 0 Å². The van der Waals surface area contributed by atoms with E-state index in [1.54, 1.807) is 0 Å². The van der Waals surface area contributed by atoms with E-state index in [4.69, 9.17) is 0 Å². The summed E-state index contributed by atoms with van der Waals surface area (Å²) in [6.45, 7) is 0. The van der Waals surface area contributed by atoms with Crippen LogP contribution in [0.4, 0.5) is 0 Å². The summed E-state index contributed by atoms with van der Waals surface area (Å²) in [7, 11) is 3.85. The Bertz CT molecular complexity index is 316. The average molecular weight is 223 g/mol. The van der Waals surface area contributed by atoms with Crippen LogP contribution in [-0.4, -0.2) is 33.3 Å². The molecule has 0 amide bonds. The summed E-state index contributed by atoms with van der Waals surface area (Å²) in [4.78, 5) is 1.53. The quantitative estimate of drug-likeness (QED) is 0.824. The lowest BCUT2D eigenvalue weighted by atomic mass is 9.82. The molecule has 90 valence electrons. The first-order chi connectivity index (χ1) is 7.79. The van der Waals surface area contributed by atoms with Crippen LogP contribution < -0.4 is 5.32 Å². The third-order valence-corrected chi connectivity index (χ3v) is 3.54. The fraction of sp³-hybridized carbons (Fsp3) is 0.909. The summed E-state index contributed by atoms with van der Waals surface area (Å²) in [5, 5.41) is 15.6. The molecule has 1 heterocycles. The number of rotatable bonds is 4. The fourth-order valence-electron chi connectivity index (χ4n) is 2.64. The lowest BCUT2D eigenvalue weighted by Gasteiger charge is -2.29. The second kappa shape index (κ2) is 5.39. The molecule has 1 unspecified atom stereocenters. The van der Waals surface area contributed by atoms with Crippen molar-refractivity contribution in [2.75, 3.05) is 7.05 Å². The first-order valence-corrected chi connectivity index (χ1v) is 6.19. The van der Waals surface area contributed by atoms with Crippen LogP contribution in [0.25, 0.3) is 0 Å². The second-order valence-electron chi connectivity index (χ2n) is 4.69. The molecule has 1 aliphatic rings. The predicted octanol–water partition coefficient (Wildman–Crippen LogP) is 0.921. The van der Waals surface area contributed by atoms with Crippen LogP contribution in [0.5, 0.6) is 0 Å². The van der Waals surface area contributed by atoms with Gasteiger partial charge in [0.25, 0.3) is 0 Å². The van der Waals surface area contributed by atoms with E-state index in [1.807, 2.05) is 14.1 Å². The summed E-state index contributed by atoms with van der Waals surface area (Å²) in [6.07, 6.45) is 7.72. The van der Waals surface area contributed by atoms with Gasteiger partial charge in [-0.3, -0.25) is 0 Å². The maximum Gasteiger partial charge on any atom is 0.176 e. The van der Waals surface area contributed by atoms with Gasteiger partial charge in [-0.15, -0.1) is 10.2 Å². The van der Waals surface area contributed by atoms with E-state index in [1.165, 1.54) is 36.9 Å². The molecule has 1 fully saturated rings. The van der Waals surface area contributed by atoms with Gasteiger partial charge in [0.15, 0.2) is 5.82 Å². The Balaban J connectivity index is 1.94. The highest BCUT2D eigenvalue weighted by Gasteiger charge is 2.23. The zero-order valence-corrected chi connectivity index (χ0v) is 10.2. The zero-order valence-electron chi connectivity index (χ0n) is 10.2. The maximum absolute atomic E-state index is 4.25. The lowest BCUT2D eigenvalue weighted by Crippen LogP contribution is -2.37. The average Bonchev–Trinajstić information content (AvgIpc) is 2.73. The summed E-state index contributed by atoms with van der Waals surface area (Å²) in [5.74, 6) is 1.63. The number of hydrogen-bond acceptors (Lipinski definition) is 4. The van der Waals surface area contributed by atoms with E-state index in [0.29, 0.717) is 6.04 Å². The largest absolute Gasteiger partial charge is 0.316 e. The van der Waals surface area contributed by atoms with Crippen LogP contribution in [0.1, 0.15) is 37.9 Å². The van der Waals surface area contributed by atoms with Crippen molar-refractivity contribution >= 4 is 0 Å². The van der Waals surface area contributed by atoms with Crippen molar-refractivity contribution in [1.82, 2.24) is 25.5 Å². The molecule has 2 rings (SSSR count). The maximum atomic E-state index is 4.25. The van der Waals surface area contributed by atoms with Crippen molar-refractivity contribution in [3.8, 4) is 0 Å². The number of likely N-dealkylation sites (N-methyl/N-ethyl adjacent to an activating group) is 1. The molecule has 0 aliphatic heterocycles. The molecule has 0 bridgehead atoms. The molecule has 16 heavy (non-hydrogen) atoms. The minimum Gasteiger partial charge on any atom is -0.316 e. The first-order valence-electron chi connectivity index (χ1n) is 6.19. The van der Waals surface area contributed by atoms with Crippen LogP contribution in [0.3, 0.4) is 0 Å². The third-order valence-electron chi connectivity index (χ3n) is 3.54. The van der Waals surface area contributed by atoms with Crippen LogP contribution in [0.15, 0.2) is 0 Å². The molecule has 1 atom stereocenters.